The molecule has 1 fully saturated rings. The molecule has 0 aliphatic carbocycles. The van der Waals surface area contributed by atoms with Crippen molar-refractivity contribution in [3.8, 4) is 0 Å². The molecule has 0 radical (unpaired) electrons. The maximum absolute atomic E-state index is 11.8. The molecule has 1 unspecified atom stereocenters. The number of rotatable bonds is 7. The standard InChI is InChI=1S/C11H18N2O4S/c12-9(14)7-18-4-2-10(15)13-3-1-8(6-13)5-11(16)17/h8H,1-7H2,(H2,12,14)(H,16,17). The van der Waals surface area contributed by atoms with Crippen LogP contribution in [0.15, 0.2) is 0 Å². The van der Waals surface area contributed by atoms with Gasteiger partial charge in [0.1, 0.15) is 0 Å². The van der Waals surface area contributed by atoms with Gasteiger partial charge >= 0.3 is 5.97 Å². The van der Waals surface area contributed by atoms with Crippen molar-refractivity contribution in [2.75, 3.05) is 24.6 Å². The average Bonchev–Trinajstić information content (AvgIpc) is 2.71. The number of carbonyl (C=O) groups excluding carboxylic acids is 2. The highest BCUT2D eigenvalue weighted by molar-refractivity contribution is 7.99. The molecule has 2 amide bonds. The molecule has 7 heteroatoms. The summed E-state index contributed by atoms with van der Waals surface area (Å²) in [6.45, 7) is 1.17. The van der Waals surface area contributed by atoms with Crippen molar-refractivity contribution >= 4 is 29.5 Å². The predicted molar refractivity (Wildman–Crippen MR) is 68.1 cm³/mol. The number of hydrogen-bond donors (Lipinski definition) is 2. The Labute approximate surface area is 110 Å². The van der Waals surface area contributed by atoms with Gasteiger partial charge in [-0.05, 0) is 12.3 Å². The highest BCUT2D eigenvalue weighted by Crippen LogP contribution is 2.20. The Morgan fingerprint density at radius 1 is 1.39 bits per heavy atom. The second-order valence-electron chi connectivity index (χ2n) is 4.36. The van der Waals surface area contributed by atoms with E-state index < -0.39 is 5.97 Å². The van der Waals surface area contributed by atoms with Gasteiger partial charge in [0.2, 0.25) is 11.8 Å². The average molecular weight is 274 g/mol. The van der Waals surface area contributed by atoms with Crippen LogP contribution in [-0.4, -0.2) is 52.4 Å². The number of amides is 2. The number of primary amides is 1. The first kappa shape index (κ1) is 14.8. The third-order valence-corrected chi connectivity index (χ3v) is 3.79. The van der Waals surface area contributed by atoms with E-state index in [9.17, 15) is 14.4 Å². The molecule has 0 saturated carbocycles. The minimum absolute atomic E-state index is 0.0276. The zero-order chi connectivity index (χ0) is 13.5. The molecule has 0 bridgehead atoms. The zero-order valence-corrected chi connectivity index (χ0v) is 10.9. The molecule has 102 valence electrons. The summed E-state index contributed by atoms with van der Waals surface area (Å²) in [5.41, 5.74) is 4.99. The van der Waals surface area contributed by atoms with Crippen molar-refractivity contribution in [2.24, 2.45) is 11.7 Å². The summed E-state index contributed by atoms with van der Waals surface area (Å²) >= 11 is 1.34. The normalized spacial score (nSPS) is 18.9. The molecule has 0 aromatic heterocycles. The molecule has 1 heterocycles. The lowest BCUT2D eigenvalue weighted by molar-refractivity contribution is -0.138. The summed E-state index contributed by atoms with van der Waals surface area (Å²) in [5.74, 6) is -0.289. The van der Waals surface area contributed by atoms with Gasteiger partial charge in [0, 0.05) is 31.7 Å². The summed E-state index contributed by atoms with van der Waals surface area (Å²) in [4.78, 5) is 34.5. The van der Waals surface area contributed by atoms with Gasteiger partial charge in [0.15, 0.2) is 0 Å². The summed E-state index contributed by atoms with van der Waals surface area (Å²) < 4.78 is 0. The zero-order valence-electron chi connectivity index (χ0n) is 10.1. The number of thioether (sulfide) groups is 1. The third-order valence-electron chi connectivity index (χ3n) is 2.81. The van der Waals surface area contributed by atoms with E-state index in [1.165, 1.54) is 11.8 Å². The van der Waals surface area contributed by atoms with Gasteiger partial charge in [-0.25, -0.2) is 0 Å². The van der Waals surface area contributed by atoms with Crippen LogP contribution in [0.25, 0.3) is 0 Å². The quantitative estimate of drug-likeness (QED) is 0.632. The Morgan fingerprint density at radius 2 is 2.11 bits per heavy atom. The van der Waals surface area contributed by atoms with Gasteiger partial charge in [0.25, 0.3) is 0 Å². The van der Waals surface area contributed by atoms with Crippen molar-refractivity contribution in [1.82, 2.24) is 4.90 Å². The fraction of sp³-hybridized carbons (Fsp3) is 0.727. The molecule has 3 N–H and O–H groups in total. The van der Waals surface area contributed by atoms with Crippen molar-refractivity contribution in [3.63, 3.8) is 0 Å². The van der Waals surface area contributed by atoms with Crippen LogP contribution in [0.1, 0.15) is 19.3 Å². The number of likely N-dealkylation sites (tertiary alicyclic amines) is 1. The van der Waals surface area contributed by atoms with Crippen LogP contribution in [0.3, 0.4) is 0 Å². The maximum Gasteiger partial charge on any atom is 0.303 e. The highest BCUT2D eigenvalue weighted by Gasteiger charge is 2.27. The van der Waals surface area contributed by atoms with Crippen LogP contribution < -0.4 is 5.73 Å². The van der Waals surface area contributed by atoms with Crippen molar-refractivity contribution in [1.29, 1.82) is 0 Å². The number of carbonyl (C=O) groups is 3. The summed E-state index contributed by atoms with van der Waals surface area (Å²) in [7, 11) is 0. The van der Waals surface area contributed by atoms with Crippen LogP contribution in [0.4, 0.5) is 0 Å². The number of nitrogens with zero attached hydrogens (tertiary/aromatic N) is 1. The number of nitrogens with two attached hydrogens (primary N) is 1. The van der Waals surface area contributed by atoms with E-state index in [-0.39, 0.29) is 29.9 Å². The van der Waals surface area contributed by atoms with Gasteiger partial charge in [0.05, 0.1) is 5.75 Å². The van der Waals surface area contributed by atoms with Crippen LogP contribution in [0.5, 0.6) is 0 Å². The fourth-order valence-corrected chi connectivity index (χ4v) is 2.63. The van der Waals surface area contributed by atoms with E-state index in [1.54, 1.807) is 4.90 Å². The van der Waals surface area contributed by atoms with Gasteiger partial charge < -0.3 is 15.7 Å². The van der Waals surface area contributed by atoms with E-state index in [1.807, 2.05) is 0 Å². The largest absolute Gasteiger partial charge is 0.481 e. The summed E-state index contributed by atoms with van der Waals surface area (Å²) in [6, 6.07) is 0. The van der Waals surface area contributed by atoms with E-state index in [2.05, 4.69) is 0 Å². The predicted octanol–water partition coefficient (Wildman–Crippen LogP) is -0.0818. The first-order valence-electron chi connectivity index (χ1n) is 5.84. The summed E-state index contributed by atoms with van der Waals surface area (Å²) in [5, 5.41) is 8.67. The second kappa shape index (κ2) is 7.25. The molecule has 0 aromatic rings. The van der Waals surface area contributed by atoms with Gasteiger partial charge in [-0.3, -0.25) is 14.4 Å². The van der Waals surface area contributed by atoms with E-state index >= 15 is 0 Å². The number of carboxylic acid groups (broad SMARTS) is 1. The van der Waals surface area contributed by atoms with E-state index in [4.69, 9.17) is 10.8 Å². The first-order valence-corrected chi connectivity index (χ1v) is 7.00. The smallest absolute Gasteiger partial charge is 0.303 e. The van der Waals surface area contributed by atoms with E-state index in [0.717, 1.165) is 6.42 Å². The topological polar surface area (TPSA) is 101 Å². The minimum atomic E-state index is -0.814. The Morgan fingerprint density at radius 3 is 2.72 bits per heavy atom. The number of carboxylic acids is 1. The minimum Gasteiger partial charge on any atom is -0.481 e. The van der Waals surface area contributed by atoms with E-state index in [0.29, 0.717) is 25.3 Å². The van der Waals surface area contributed by atoms with Gasteiger partial charge in [-0.15, -0.1) is 0 Å². The summed E-state index contributed by atoms with van der Waals surface area (Å²) in [6.07, 6.45) is 1.25. The van der Waals surface area contributed by atoms with Crippen LogP contribution in [0, 0.1) is 5.92 Å². The van der Waals surface area contributed by atoms with Crippen molar-refractivity contribution in [3.05, 3.63) is 0 Å². The monoisotopic (exact) mass is 274 g/mol. The first-order chi connectivity index (χ1) is 8.49. The van der Waals surface area contributed by atoms with Crippen molar-refractivity contribution in [2.45, 2.75) is 19.3 Å². The molecule has 1 rings (SSSR count). The Balaban J connectivity index is 2.19. The second-order valence-corrected chi connectivity index (χ2v) is 5.47. The molecule has 0 spiro atoms. The molecule has 1 saturated heterocycles. The molecule has 1 aliphatic rings. The molecule has 18 heavy (non-hydrogen) atoms. The molecule has 0 aromatic carbocycles. The molecule has 6 nitrogen and oxygen atoms in total. The molecular weight excluding hydrogens is 256 g/mol. The molecule has 1 aliphatic heterocycles. The lowest BCUT2D eigenvalue weighted by Crippen LogP contribution is -2.29. The number of hydrogen-bond acceptors (Lipinski definition) is 4. The fourth-order valence-electron chi connectivity index (χ4n) is 1.96. The third kappa shape index (κ3) is 5.39. The highest BCUT2D eigenvalue weighted by atomic mass is 32.2. The molecular formula is C11H18N2O4S. The van der Waals surface area contributed by atoms with Crippen LogP contribution in [0.2, 0.25) is 0 Å². The Bertz CT molecular complexity index is 335. The Kier molecular flexibility index (Phi) is 5.97. The Hall–Kier alpha value is -1.24. The SMILES string of the molecule is NC(=O)CSCCC(=O)N1CCC(CC(=O)O)C1. The van der Waals surface area contributed by atoms with Crippen molar-refractivity contribution < 1.29 is 19.5 Å². The van der Waals surface area contributed by atoms with Crippen LogP contribution >= 0.6 is 11.8 Å². The molecule has 1 atom stereocenters. The van der Waals surface area contributed by atoms with Crippen LogP contribution in [-0.2, 0) is 14.4 Å². The number of aliphatic carboxylic acids is 1. The maximum atomic E-state index is 11.8. The lowest BCUT2D eigenvalue weighted by Gasteiger charge is -2.15. The van der Waals surface area contributed by atoms with Gasteiger partial charge in [-0.1, -0.05) is 0 Å². The lowest BCUT2D eigenvalue weighted by atomic mass is 10.1. The van der Waals surface area contributed by atoms with Gasteiger partial charge in [-0.2, -0.15) is 11.8 Å².